The standard InChI is InChI=1S/C18H25N3O2/c1-3-13(2)20-17(22)15-10-8-14(9-11-15)12-19-18(23)21-16-6-4-5-7-16/h4-5,8-11,13,16H,3,6-7,12H2,1-2H3,(H,20,22)(H2,19,21,23). The molecule has 3 amide bonds. The minimum Gasteiger partial charge on any atom is -0.350 e. The Morgan fingerprint density at radius 1 is 1.17 bits per heavy atom. The van der Waals surface area contributed by atoms with Crippen molar-refractivity contribution in [2.24, 2.45) is 0 Å². The summed E-state index contributed by atoms with van der Waals surface area (Å²) < 4.78 is 0. The van der Waals surface area contributed by atoms with Crippen LogP contribution in [0.4, 0.5) is 4.79 Å². The molecule has 0 bridgehead atoms. The molecule has 0 heterocycles. The van der Waals surface area contributed by atoms with Gasteiger partial charge in [0.05, 0.1) is 0 Å². The maximum absolute atomic E-state index is 12.0. The van der Waals surface area contributed by atoms with Gasteiger partial charge in [-0.05, 0) is 43.9 Å². The lowest BCUT2D eigenvalue weighted by molar-refractivity contribution is 0.0939. The van der Waals surface area contributed by atoms with Crippen LogP contribution in [0.1, 0.15) is 49.0 Å². The van der Waals surface area contributed by atoms with Crippen molar-refractivity contribution >= 4 is 11.9 Å². The van der Waals surface area contributed by atoms with Gasteiger partial charge in [-0.25, -0.2) is 4.79 Å². The van der Waals surface area contributed by atoms with Crippen LogP contribution in [-0.4, -0.2) is 24.0 Å². The molecule has 0 aliphatic heterocycles. The fourth-order valence-electron chi connectivity index (χ4n) is 2.34. The molecule has 23 heavy (non-hydrogen) atoms. The van der Waals surface area contributed by atoms with E-state index in [0.29, 0.717) is 12.1 Å². The van der Waals surface area contributed by atoms with Crippen LogP contribution in [0.15, 0.2) is 36.4 Å². The molecule has 1 atom stereocenters. The SMILES string of the molecule is CCC(C)NC(=O)c1ccc(CNC(=O)NC2CC=CC2)cc1. The Labute approximate surface area is 137 Å². The number of hydrogen-bond donors (Lipinski definition) is 3. The Bertz CT molecular complexity index is 558. The normalized spacial score (nSPS) is 15.2. The van der Waals surface area contributed by atoms with Crippen LogP contribution in [-0.2, 0) is 6.54 Å². The second-order valence-corrected chi connectivity index (χ2v) is 5.95. The molecule has 1 aromatic carbocycles. The van der Waals surface area contributed by atoms with Crippen molar-refractivity contribution in [2.75, 3.05) is 0 Å². The Hall–Kier alpha value is -2.30. The third-order valence-electron chi connectivity index (χ3n) is 4.00. The number of rotatable bonds is 6. The predicted octanol–water partition coefficient (Wildman–Crippen LogP) is 2.73. The first kappa shape index (κ1) is 17.1. The highest BCUT2D eigenvalue weighted by atomic mass is 16.2. The van der Waals surface area contributed by atoms with Crippen molar-refractivity contribution in [2.45, 2.75) is 51.7 Å². The van der Waals surface area contributed by atoms with Crippen LogP contribution in [0.5, 0.6) is 0 Å². The lowest BCUT2D eigenvalue weighted by Crippen LogP contribution is -2.40. The van der Waals surface area contributed by atoms with Gasteiger partial charge in [0, 0.05) is 24.2 Å². The third kappa shape index (κ3) is 5.43. The highest BCUT2D eigenvalue weighted by Crippen LogP contribution is 2.09. The third-order valence-corrected chi connectivity index (χ3v) is 4.00. The minimum absolute atomic E-state index is 0.0645. The fourth-order valence-corrected chi connectivity index (χ4v) is 2.34. The zero-order chi connectivity index (χ0) is 16.7. The molecule has 1 unspecified atom stereocenters. The largest absolute Gasteiger partial charge is 0.350 e. The van der Waals surface area contributed by atoms with E-state index in [-0.39, 0.29) is 24.0 Å². The number of carbonyl (C=O) groups excluding carboxylic acids is 2. The average molecular weight is 315 g/mol. The van der Waals surface area contributed by atoms with Gasteiger partial charge < -0.3 is 16.0 Å². The molecule has 0 saturated heterocycles. The fraction of sp³-hybridized carbons (Fsp3) is 0.444. The van der Waals surface area contributed by atoms with Crippen molar-refractivity contribution in [1.82, 2.24) is 16.0 Å². The van der Waals surface area contributed by atoms with E-state index < -0.39 is 0 Å². The van der Waals surface area contributed by atoms with Gasteiger partial charge in [0.1, 0.15) is 0 Å². The van der Waals surface area contributed by atoms with Crippen LogP contribution in [0.3, 0.4) is 0 Å². The van der Waals surface area contributed by atoms with E-state index in [0.717, 1.165) is 24.8 Å². The molecule has 0 fully saturated rings. The Morgan fingerprint density at radius 3 is 2.43 bits per heavy atom. The number of benzene rings is 1. The van der Waals surface area contributed by atoms with Gasteiger partial charge in [0.2, 0.25) is 0 Å². The molecular weight excluding hydrogens is 290 g/mol. The molecule has 1 aliphatic rings. The van der Waals surface area contributed by atoms with Gasteiger partial charge in [-0.1, -0.05) is 31.2 Å². The van der Waals surface area contributed by atoms with E-state index in [4.69, 9.17) is 0 Å². The smallest absolute Gasteiger partial charge is 0.315 e. The Kier molecular flexibility index (Phi) is 6.20. The second kappa shape index (κ2) is 8.36. The van der Waals surface area contributed by atoms with E-state index in [2.05, 4.69) is 28.1 Å². The summed E-state index contributed by atoms with van der Waals surface area (Å²) in [5.74, 6) is -0.0645. The van der Waals surface area contributed by atoms with Crippen LogP contribution < -0.4 is 16.0 Å². The lowest BCUT2D eigenvalue weighted by Gasteiger charge is -2.13. The molecule has 0 aromatic heterocycles. The quantitative estimate of drug-likeness (QED) is 0.706. The highest BCUT2D eigenvalue weighted by molar-refractivity contribution is 5.94. The van der Waals surface area contributed by atoms with E-state index in [1.807, 2.05) is 26.0 Å². The van der Waals surface area contributed by atoms with Crippen molar-refractivity contribution in [3.05, 3.63) is 47.5 Å². The predicted molar refractivity (Wildman–Crippen MR) is 91.2 cm³/mol. The number of amides is 3. The van der Waals surface area contributed by atoms with Gasteiger partial charge >= 0.3 is 6.03 Å². The second-order valence-electron chi connectivity index (χ2n) is 5.95. The summed E-state index contributed by atoms with van der Waals surface area (Å²) in [6, 6.07) is 7.52. The van der Waals surface area contributed by atoms with E-state index in [1.165, 1.54) is 0 Å². The number of urea groups is 1. The zero-order valence-corrected chi connectivity index (χ0v) is 13.8. The number of hydrogen-bond acceptors (Lipinski definition) is 2. The maximum atomic E-state index is 12.0. The summed E-state index contributed by atoms with van der Waals surface area (Å²) in [5.41, 5.74) is 1.60. The summed E-state index contributed by atoms with van der Waals surface area (Å²) in [4.78, 5) is 23.8. The topological polar surface area (TPSA) is 70.2 Å². The summed E-state index contributed by atoms with van der Waals surface area (Å²) in [6.07, 6.45) is 6.85. The van der Waals surface area contributed by atoms with Gasteiger partial charge in [-0.3, -0.25) is 4.79 Å². The molecule has 0 radical (unpaired) electrons. The van der Waals surface area contributed by atoms with Crippen LogP contribution in [0, 0.1) is 0 Å². The number of carbonyl (C=O) groups is 2. The Balaban J connectivity index is 1.78. The molecule has 1 aliphatic carbocycles. The first-order valence-electron chi connectivity index (χ1n) is 8.17. The highest BCUT2D eigenvalue weighted by Gasteiger charge is 2.13. The van der Waals surface area contributed by atoms with Crippen LogP contribution in [0.2, 0.25) is 0 Å². The molecule has 5 nitrogen and oxygen atoms in total. The molecular formula is C18H25N3O2. The van der Waals surface area contributed by atoms with Crippen molar-refractivity contribution in [1.29, 1.82) is 0 Å². The zero-order valence-electron chi connectivity index (χ0n) is 13.8. The van der Waals surface area contributed by atoms with Gasteiger partial charge in [0.15, 0.2) is 0 Å². The molecule has 3 N–H and O–H groups in total. The van der Waals surface area contributed by atoms with E-state index >= 15 is 0 Å². The summed E-state index contributed by atoms with van der Waals surface area (Å²) in [6.45, 7) is 4.46. The lowest BCUT2D eigenvalue weighted by atomic mass is 10.1. The average Bonchev–Trinajstić information content (AvgIpc) is 3.06. The molecule has 2 rings (SSSR count). The minimum atomic E-state index is -0.155. The van der Waals surface area contributed by atoms with Crippen molar-refractivity contribution < 1.29 is 9.59 Å². The molecule has 5 heteroatoms. The summed E-state index contributed by atoms with van der Waals surface area (Å²) in [5, 5.41) is 8.70. The van der Waals surface area contributed by atoms with Gasteiger partial charge in [0.25, 0.3) is 5.91 Å². The van der Waals surface area contributed by atoms with Gasteiger partial charge in [-0.2, -0.15) is 0 Å². The van der Waals surface area contributed by atoms with Crippen LogP contribution >= 0.6 is 0 Å². The van der Waals surface area contributed by atoms with Crippen LogP contribution in [0.25, 0.3) is 0 Å². The van der Waals surface area contributed by atoms with E-state index in [1.54, 1.807) is 12.1 Å². The van der Waals surface area contributed by atoms with Crippen molar-refractivity contribution in [3.8, 4) is 0 Å². The summed E-state index contributed by atoms with van der Waals surface area (Å²) >= 11 is 0. The molecule has 1 aromatic rings. The number of nitrogens with one attached hydrogen (secondary N) is 3. The molecule has 124 valence electrons. The molecule has 0 spiro atoms. The van der Waals surface area contributed by atoms with Crippen molar-refractivity contribution in [3.63, 3.8) is 0 Å². The Morgan fingerprint density at radius 2 is 1.83 bits per heavy atom. The first-order chi connectivity index (χ1) is 11.1. The summed E-state index contributed by atoms with van der Waals surface area (Å²) in [7, 11) is 0. The van der Waals surface area contributed by atoms with E-state index in [9.17, 15) is 9.59 Å². The first-order valence-corrected chi connectivity index (χ1v) is 8.17. The monoisotopic (exact) mass is 315 g/mol. The molecule has 0 saturated carbocycles. The maximum Gasteiger partial charge on any atom is 0.315 e. The van der Waals surface area contributed by atoms with Gasteiger partial charge in [-0.15, -0.1) is 0 Å².